The maximum absolute atomic E-state index is 12.8. The summed E-state index contributed by atoms with van der Waals surface area (Å²) in [6.45, 7) is 2.05. The van der Waals surface area contributed by atoms with Crippen molar-refractivity contribution in [3.8, 4) is 0 Å². The van der Waals surface area contributed by atoms with Crippen LogP contribution in [0.3, 0.4) is 0 Å². The predicted molar refractivity (Wildman–Crippen MR) is 156 cm³/mol. The molecule has 0 radical (unpaired) electrons. The molecule has 0 fully saturated rings. The molecule has 0 spiro atoms. The summed E-state index contributed by atoms with van der Waals surface area (Å²) in [5, 5.41) is 8.21. The van der Waals surface area contributed by atoms with Gasteiger partial charge in [0, 0.05) is 37.8 Å². The summed E-state index contributed by atoms with van der Waals surface area (Å²) in [6, 6.07) is 12.0. The lowest BCUT2D eigenvalue weighted by molar-refractivity contribution is -0.141. The average molecular weight is 619 g/mol. The summed E-state index contributed by atoms with van der Waals surface area (Å²) in [5.74, 6) is -1.03. The van der Waals surface area contributed by atoms with E-state index in [0.717, 1.165) is 34.8 Å². The van der Waals surface area contributed by atoms with Crippen molar-refractivity contribution in [1.82, 2.24) is 10.6 Å². The molecule has 0 aromatic heterocycles. The van der Waals surface area contributed by atoms with Crippen molar-refractivity contribution in [2.45, 2.75) is 9.79 Å². The number of nitrogens with zero attached hydrogens (tertiary/aromatic N) is 4. The Bertz CT molecular complexity index is 1530. The van der Waals surface area contributed by atoms with Gasteiger partial charge in [-0.3, -0.25) is 9.98 Å². The fourth-order valence-electron chi connectivity index (χ4n) is 4.08. The summed E-state index contributed by atoms with van der Waals surface area (Å²) in [5.41, 5.74) is 0.211. The standard InChI is InChI=1S/C26H30N6O8S2/c1-41(35,36)21-9-5-3-7-19(21)31(17-23-27-13-14-28-23)39-25(33)11-12-26(34)40-32(18-24-29-15-16-30-24)20-8-4-6-10-22(20)42(2,37)38/h3-12H,13-18H2,1-2H3,(H,27,28)(H,29,30)/b12-11+. The lowest BCUT2D eigenvalue weighted by atomic mass is 10.3. The van der Waals surface area contributed by atoms with Gasteiger partial charge in [-0.15, -0.1) is 0 Å². The summed E-state index contributed by atoms with van der Waals surface area (Å²) in [6.07, 6.45) is 3.70. The molecule has 2 aliphatic rings. The van der Waals surface area contributed by atoms with E-state index in [1.165, 1.54) is 24.3 Å². The lowest BCUT2D eigenvalue weighted by Crippen LogP contribution is -2.38. The predicted octanol–water partition coefficient (Wildman–Crippen LogP) is 0.283. The molecule has 0 aliphatic carbocycles. The Labute approximate surface area is 243 Å². The van der Waals surface area contributed by atoms with E-state index in [2.05, 4.69) is 20.6 Å². The molecular formula is C26H30N6O8S2. The van der Waals surface area contributed by atoms with Gasteiger partial charge in [0.2, 0.25) is 0 Å². The fraction of sp³-hybridized carbons (Fsp3) is 0.308. The second-order valence-electron chi connectivity index (χ2n) is 9.22. The Morgan fingerprint density at radius 2 is 1.12 bits per heavy atom. The zero-order valence-corrected chi connectivity index (χ0v) is 24.5. The monoisotopic (exact) mass is 618 g/mol. The number of rotatable bonds is 12. The molecule has 2 N–H and O–H groups in total. The first kappa shape index (κ1) is 30.5. The number of hydroxylamine groups is 2. The van der Waals surface area contributed by atoms with Gasteiger partial charge in [0.05, 0.1) is 34.3 Å². The molecule has 2 heterocycles. The molecule has 2 aromatic carbocycles. The minimum atomic E-state index is -3.69. The number of nitrogens with one attached hydrogen (secondary N) is 2. The van der Waals surface area contributed by atoms with Gasteiger partial charge >= 0.3 is 11.9 Å². The average Bonchev–Trinajstić information content (AvgIpc) is 3.65. The van der Waals surface area contributed by atoms with Crippen LogP contribution >= 0.6 is 0 Å². The molecule has 2 aromatic rings. The molecular weight excluding hydrogens is 588 g/mol. The molecule has 0 atom stereocenters. The molecule has 0 bridgehead atoms. The van der Waals surface area contributed by atoms with Crippen LogP contribution in [0.4, 0.5) is 11.4 Å². The number of aliphatic imine (C=N–C) groups is 2. The summed E-state index contributed by atoms with van der Waals surface area (Å²) in [7, 11) is -7.37. The van der Waals surface area contributed by atoms with Crippen LogP contribution in [0.1, 0.15) is 0 Å². The summed E-state index contributed by atoms with van der Waals surface area (Å²) >= 11 is 0. The molecule has 0 unspecified atom stereocenters. The largest absolute Gasteiger partial charge is 0.370 e. The third-order valence-electron chi connectivity index (χ3n) is 5.90. The number of carbonyl (C=O) groups is 2. The van der Waals surface area contributed by atoms with Crippen LogP contribution < -0.4 is 20.8 Å². The van der Waals surface area contributed by atoms with Crippen LogP contribution in [0, 0.1) is 0 Å². The van der Waals surface area contributed by atoms with Crippen LogP contribution in [0.5, 0.6) is 0 Å². The van der Waals surface area contributed by atoms with Gasteiger partial charge in [0.25, 0.3) is 0 Å². The van der Waals surface area contributed by atoms with Crippen molar-refractivity contribution in [2.24, 2.45) is 9.98 Å². The first-order valence-corrected chi connectivity index (χ1v) is 16.5. The normalized spacial score (nSPS) is 14.9. The van der Waals surface area contributed by atoms with Gasteiger partial charge in [-0.05, 0) is 24.3 Å². The van der Waals surface area contributed by atoms with Crippen molar-refractivity contribution in [3.05, 3.63) is 60.7 Å². The molecule has 14 nitrogen and oxygen atoms in total. The van der Waals surface area contributed by atoms with E-state index in [9.17, 15) is 26.4 Å². The Morgan fingerprint density at radius 3 is 1.45 bits per heavy atom. The SMILES string of the molecule is CS(=O)(=O)c1ccccc1N(CC1=NCCN1)OC(=O)/C=C/C(=O)ON(CC1=NCCN1)c1ccccc1S(C)(=O)=O. The zero-order valence-electron chi connectivity index (χ0n) is 22.9. The van der Waals surface area contributed by atoms with E-state index in [4.69, 9.17) is 9.68 Å². The van der Waals surface area contributed by atoms with Crippen molar-refractivity contribution < 1.29 is 36.1 Å². The molecule has 2 aliphatic heterocycles. The van der Waals surface area contributed by atoms with Crippen LogP contribution in [0.15, 0.2) is 80.5 Å². The molecule has 0 saturated carbocycles. The van der Waals surface area contributed by atoms with E-state index in [0.29, 0.717) is 37.9 Å². The highest BCUT2D eigenvalue weighted by Crippen LogP contribution is 2.27. The fourth-order valence-corrected chi connectivity index (χ4v) is 5.83. The molecule has 0 saturated heterocycles. The van der Waals surface area contributed by atoms with E-state index < -0.39 is 31.6 Å². The Morgan fingerprint density at radius 1 is 0.738 bits per heavy atom. The van der Waals surface area contributed by atoms with Crippen LogP contribution in [-0.4, -0.2) is 92.2 Å². The summed E-state index contributed by atoms with van der Waals surface area (Å²) < 4.78 is 49.5. The van der Waals surface area contributed by atoms with E-state index >= 15 is 0 Å². The highest BCUT2D eigenvalue weighted by Gasteiger charge is 2.25. The highest BCUT2D eigenvalue weighted by molar-refractivity contribution is 7.91. The Balaban J connectivity index is 1.53. The minimum Gasteiger partial charge on any atom is -0.370 e. The number of hydrogen-bond acceptors (Lipinski definition) is 14. The van der Waals surface area contributed by atoms with Gasteiger partial charge in [-0.25, -0.2) is 26.4 Å². The maximum atomic E-state index is 12.8. The molecule has 42 heavy (non-hydrogen) atoms. The third kappa shape index (κ3) is 8.07. The highest BCUT2D eigenvalue weighted by atomic mass is 32.2. The van der Waals surface area contributed by atoms with Crippen molar-refractivity contribution in [3.63, 3.8) is 0 Å². The second kappa shape index (κ2) is 13.0. The Hall–Kier alpha value is -4.44. The van der Waals surface area contributed by atoms with Crippen LogP contribution in [0.25, 0.3) is 0 Å². The molecule has 224 valence electrons. The molecule has 0 amide bonds. The van der Waals surface area contributed by atoms with Gasteiger partial charge in [-0.2, -0.15) is 10.1 Å². The second-order valence-corrected chi connectivity index (χ2v) is 13.2. The van der Waals surface area contributed by atoms with Gasteiger partial charge < -0.3 is 20.3 Å². The number of carbonyl (C=O) groups excluding carboxylic acids is 2. The minimum absolute atomic E-state index is 0.0663. The molecule has 16 heteroatoms. The number of benzene rings is 2. The van der Waals surface area contributed by atoms with E-state index in [1.54, 1.807) is 24.3 Å². The van der Waals surface area contributed by atoms with Crippen molar-refractivity contribution in [1.29, 1.82) is 0 Å². The van der Waals surface area contributed by atoms with Gasteiger partial charge in [-0.1, -0.05) is 24.3 Å². The third-order valence-corrected chi connectivity index (χ3v) is 8.18. The first-order valence-electron chi connectivity index (χ1n) is 12.7. The zero-order chi connectivity index (χ0) is 30.3. The number of para-hydroxylation sites is 2. The maximum Gasteiger partial charge on any atom is 0.356 e. The van der Waals surface area contributed by atoms with Crippen LogP contribution in [-0.2, 0) is 38.9 Å². The number of sulfone groups is 2. The van der Waals surface area contributed by atoms with Crippen molar-refractivity contribution in [2.75, 3.05) is 61.9 Å². The number of anilines is 2. The quantitative estimate of drug-likeness (QED) is 0.246. The molecule has 4 rings (SSSR count). The summed E-state index contributed by atoms with van der Waals surface area (Å²) in [4.78, 5) is 44.9. The Kier molecular flexibility index (Phi) is 9.47. The van der Waals surface area contributed by atoms with E-state index in [1.807, 2.05) is 0 Å². The first-order chi connectivity index (χ1) is 19.9. The number of hydrogen-bond donors (Lipinski definition) is 2. The van der Waals surface area contributed by atoms with Gasteiger partial charge in [0.1, 0.15) is 24.8 Å². The lowest BCUT2D eigenvalue weighted by Gasteiger charge is -2.25. The number of amidine groups is 2. The van der Waals surface area contributed by atoms with E-state index in [-0.39, 0.29) is 34.3 Å². The van der Waals surface area contributed by atoms with Crippen LogP contribution in [0.2, 0.25) is 0 Å². The van der Waals surface area contributed by atoms with Crippen molar-refractivity contribution >= 4 is 54.7 Å². The van der Waals surface area contributed by atoms with Gasteiger partial charge in [0.15, 0.2) is 19.7 Å². The topological polar surface area (TPSA) is 176 Å². The smallest absolute Gasteiger partial charge is 0.356 e.